The van der Waals surface area contributed by atoms with E-state index in [1.54, 1.807) is 0 Å². The normalized spacial score (nSPS) is 22.3. The van der Waals surface area contributed by atoms with Gasteiger partial charge in [-0.2, -0.15) is 0 Å². The summed E-state index contributed by atoms with van der Waals surface area (Å²) in [7, 11) is 0. The minimum atomic E-state index is 0.718. The Hall–Kier alpha value is -0.960. The van der Waals surface area contributed by atoms with Crippen LogP contribution in [0.1, 0.15) is 30.7 Å². The maximum atomic E-state index is 4.36. The summed E-state index contributed by atoms with van der Waals surface area (Å²) in [4.78, 5) is 8.73. The third-order valence-corrected chi connectivity index (χ3v) is 2.95. The molecule has 1 N–H and O–H groups in total. The highest BCUT2D eigenvalue weighted by Crippen LogP contribution is 2.14. The zero-order valence-corrected chi connectivity index (χ0v) is 9.37. The van der Waals surface area contributed by atoms with Crippen molar-refractivity contribution >= 4 is 0 Å². The first kappa shape index (κ1) is 10.6. The van der Waals surface area contributed by atoms with E-state index in [0.29, 0.717) is 0 Å². The van der Waals surface area contributed by atoms with E-state index in [1.807, 2.05) is 19.3 Å². The van der Waals surface area contributed by atoms with Crippen molar-refractivity contribution in [1.29, 1.82) is 0 Å². The van der Waals surface area contributed by atoms with Gasteiger partial charge < -0.3 is 5.32 Å². The van der Waals surface area contributed by atoms with Crippen LogP contribution in [0.5, 0.6) is 0 Å². The van der Waals surface area contributed by atoms with Gasteiger partial charge in [-0.15, -0.1) is 0 Å². The predicted octanol–water partition coefficient (Wildman–Crippen LogP) is 1.72. The third kappa shape index (κ3) is 3.27. The van der Waals surface area contributed by atoms with E-state index in [9.17, 15) is 0 Å². The fraction of sp³-hybridized carbons (Fsp3) is 0.667. The van der Waals surface area contributed by atoms with Crippen molar-refractivity contribution in [2.75, 3.05) is 13.1 Å². The summed E-state index contributed by atoms with van der Waals surface area (Å²) in [5, 5.41) is 3.47. The molecular weight excluding hydrogens is 186 g/mol. The summed E-state index contributed by atoms with van der Waals surface area (Å²) < 4.78 is 0. The summed E-state index contributed by atoms with van der Waals surface area (Å²) in [5.41, 5.74) is 1.14. The van der Waals surface area contributed by atoms with E-state index < -0.39 is 0 Å². The highest BCUT2D eigenvalue weighted by Gasteiger charge is 2.13. The van der Waals surface area contributed by atoms with E-state index in [2.05, 4.69) is 15.3 Å². The van der Waals surface area contributed by atoms with Crippen molar-refractivity contribution in [2.45, 2.75) is 32.6 Å². The van der Waals surface area contributed by atoms with Gasteiger partial charge in [0, 0.05) is 18.8 Å². The van der Waals surface area contributed by atoms with Crippen molar-refractivity contribution in [2.24, 2.45) is 5.92 Å². The number of nitrogens with zero attached hydrogens (tertiary/aromatic N) is 2. The minimum Gasteiger partial charge on any atom is -0.316 e. The van der Waals surface area contributed by atoms with Gasteiger partial charge in [-0.1, -0.05) is 6.42 Å². The first-order valence-electron chi connectivity index (χ1n) is 5.83. The number of aryl methyl sites for hydroxylation is 1. The highest BCUT2D eigenvalue weighted by atomic mass is 14.9. The standard InChI is InChI=1S/C12H19N3/c1-10-7-14-12(15-8-10)6-11-4-2-3-5-13-9-11/h7-8,11,13H,2-6,9H2,1H3. The Labute approximate surface area is 91.3 Å². The average Bonchev–Trinajstić information content (AvgIpc) is 2.50. The second-order valence-corrected chi connectivity index (χ2v) is 4.45. The molecule has 0 spiro atoms. The Morgan fingerprint density at radius 2 is 2.13 bits per heavy atom. The molecule has 0 radical (unpaired) electrons. The van der Waals surface area contributed by atoms with Crippen LogP contribution < -0.4 is 5.32 Å². The molecule has 15 heavy (non-hydrogen) atoms. The van der Waals surface area contributed by atoms with Crippen LogP contribution in [0.25, 0.3) is 0 Å². The van der Waals surface area contributed by atoms with E-state index in [4.69, 9.17) is 0 Å². The smallest absolute Gasteiger partial charge is 0.128 e. The van der Waals surface area contributed by atoms with Crippen molar-refractivity contribution in [1.82, 2.24) is 15.3 Å². The van der Waals surface area contributed by atoms with Crippen LogP contribution in [0.4, 0.5) is 0 Å². The minimum absolute atomic E-state index is 0.718. The van der Waals surface area contributed by atoms with Crippen LogP contribution >= 0.6 is 0 Å². The first-order chi connectivity index (χ1) is 7.34. The molecule has 1 aliphatic heterocycles. The van der Waals surface area contributed by atoms with Crippen LogP contribution in [0, 0.1) is 12.8 Å². The molecule has 0 bridgehead atoms. The fourth-order valence-electron chi connectivity index (χ4n) is 2.05. The lowest BCUT2D eigenvalue weighted by molar-refractivity contribution is 0.466. The highest BCUT2D eigenvalue weighted by molar-refractivity contribution is 5.02. The molecule has 2 heterocycles. The quantitative estimate of drug-likeness (QED) is 0.799. The molecule has 3 nitrogen and oxygen atoms in total. The molecule has 0 aliphatic carbocycles. The topological polar surface area (TPSA) is 37.8 Å². The molecule has 1 saturated heterocycles. The van der Waals surface area contributed by atoms with E-state index in [1.165, 1.54) is 25.8 Å². The fourth-order valence-corrected chi connectivity index (χ4v) is 2.05. The Morgan fingerprint density at radius 3 is 2.93 bits per heavy atom. The second kappa shape index (κ2) is 5.21. The lowest BCUT2D eigenvalue weighted by Crippen LogP contribution is -2.22. The number of hydrogen-bond donors (Lipinski definition) is 1. The van der Waals surface area contributed by atoms with Gasteiger partial charge in [0.05, 0.1) is 0 Å². The van der Waals surface area contributed by atoms with Gasteiger partial charge in [0.2, 0.25) is 0 Å². The molecule has 2 rings (SSSR count). The summed E-state index contributed by atoms with van der Waals surface area (Å²) in [6.07, 6.45) is 8.80. The molecule has 0 saturated carbocycles. The predicted molar refractivity (Wildman–Crippen MR) is 60.7 cm³/mol. The number of hydrogen-bond acceptors (Lipinski definition) is 3. The summed E-state index contributed by atoms with van der Waals surface area (Å²) in [6.45, 7) is 4.32. The van der Waals surface area contributed by atoms with Crippen LogP contribution in [-0.2, 0) is 6.42 Å². The van der Waals surface area contributed by atoms with E-state index in [-0.39, 0.29) is 0 Å². The van der Waals surface area contributed by atoms with Crippen molar-refractivity contribution in [3.63, 3.8) is 0 Å². The summed E-state index contributed by atoms with van der Waals surface area (Å²) >= 11 is 0. The van der Waals surface area contributed by atoms with Crippen LogP contribution in [0.15, 0.2) is 12.4 Å². The van der Waals surface area contributed by atoms with Crippen LogP contribution in [0.2, 0.25) is 0 Å². The molecule has 1 atom stereocenters. The summed E-state index contributed by atoms with van der Waals surface area (Å²) in [5.74, 6) is 1.71. The molecule has 0 aromatic carbocycles. The van der Waals surface area contributed by atoms with Crippen molar-refractivity contribution < 1.29 is 0 Å². The van der Waals surface area contributed by atoms with E-state index >= 15 is 0 Å². The lowest BCUT2D eigenvalue weighted by Gasteiger charge is -2.12. The maximum Gasteiger partial charge on any atom is 0.128 e. The summed E-state index contributed by atoms with van der Waals surface area (Å²) in [6, 6.07) is 0. The Kier molecular flexibility index (Phi) is 3.67. The van der Waals surface area contributed by atoms with Crippen molar-refractivity contribution in [3.8, 4) is 0 Å². The molecule has 1 aliphatic rings. The molecule has 82 valence electrons. The number of rotatable bonds is 2. The number of aromatic nitrogens is 2. The molecule has 1 aromatic heterocycles. The molecule has 3 heteroatoms. The van der Waals surface area contributed by atoms with Gasteiger partial charge in [-0.3, -0.25) is 0 Å². The van der Waals surface area contributed by atoms with Gasteiger partial charge in [0.15, 0.2) is 0 Å². The van der Waals surface area contributed by atoms with Gasteiger partial charge in [0.25, 0.3) is 0 Å². The zero-order chi connectivity index (χ0) is 10.5. The maximum absolute atomic E-state index is 4.36. The van der Waals surface area contributed by atoms with Crippen molar-refractivity contribution in [3.05, 3.63) is 23.8 Å². The SMILES string of the molecule is Cc1cnc(CC2CCCCNC2)nc1. The van der Waals surface area contributed by atoms with Gasteiger partial charge in [-0.25, -0.2) is 9.97 Å². The average molecular weight is 205 g/mol. The molecule has 0 amide bonds. The first-order valence-corrected chi connectivity index (χ1v) is 5.83. The van der Waals surface area contributed by atoms with Gasteiger partial charge >= 0.3 is 0 Å². The second-order valence-electron chi connectivity index (χ2n) is 4.45. The molecule has 1 unspecified atom stereocenters. The third-order valence-electron chi connectivity index (χ3n) is 2.95. The van der Waals surface area contributed by atoms with Gasteiger partial charge in [0.1, 0.15) is 5.82 Å². The molecule has 1 fully saturated rings. The van der Waals surface area contributed by atoms with Crippen LogP contribution in [-0.4, -0.2) is 23.1 Å². The van der Waals surface area contributed by atoms with Crippen LogP contribution in [0.3, 0.4) is 0 Å². The monoisotopic (exact) mass is 205 g/mol. The van der Waals surface area contributed by atoms with Gasteiger partial charge in [-0.05, 0) is 44.3 Å². The molecular formula is C12H19N3. The zero-order valence-electron chi connectivity index (χ0n) is 9.37. The number of nitrogens with one attached hydrogen (secondary N) is 1. The Balaban J connectivity index is 1.92. The Bertz CT molecular complexity index is 286. The largest absolute Gasteiger partial charge is 0.316 e. The van der Waals surface area contributed by atoms with E-state index in [0.717, 1.165) is 30.3 Å². The molecule has 1 aromatic rings. The Morgan fingerprint density at radius 1 is 1.33 bits per heavy atom. The lowest BCUT2D eigenvalue weighted by atomic mass is 9.99.